The summed E-state index contributed by atoms with van der Waals surface area (Å²) < 4.78 is 11.2. The minimum Gasteiger partial charge on any atom is -0.486 e. The zero-order chi connectivity index (χ0) is 16.2. The minimum absolute atomic E-state index is 0.579. The van der Waals surface area contributed by atoms with E-state index < -0.39 is 0 Å². The zero-order valence-corrected chi connectivity index (χ0v) is 13.8. The summed E-state index contributed by atoms with van der Waals surface area (Å²) in [5.74, 6) is 3.99. The molecule has 0 radical (unpaired) electrons. The van der Waals surface area contributed by atoms with Crippen molar-refractivity contribution in [2.45, 2.75) is 20.8 Å². The van der Waals surface area contributed by atoms with Gasteiger partial charge in [-0.2, -0.15) is 0 Å². The lowest BCUT2D eigenvalue weighted by molar-refractivity contribution is 0.171. The van der Waals surface area contributed by atoms with Crippen LogP contribution in [0.3, 0.4) is 0 Å². The summed E-state index contributed by atoms with van der Waals surface area (Å²) in [6.07, 6.45) is 0. The number of fused-ring (bicyclic) bond motifs is 1. The maximum Gasteiger partial charge on any atom is 0.163 e. The van der Waals surface area contributed by atoms with Crippen LogP contribution in [0.15, 0.2) is 24.3 Å². The highest BCUT2D eigenvalue weighted by molar-refractivity contribution is 5.63. The minimum atomic E-state index is 0.579. The number of ether oxygens (including phenoxy) is 2. The quantitative estimate of drug-likeness (QED) is 0.915. The summed E-state index contributed by atoms with van der Waals surface area (Å²) in [4.78, 5) is 11.2. The number of benzene rings is 1. The van der Waals surface area contributed by atoms with Crippen molar-refractivity contribution < 1.29 is 9.47 Å². The molecule has 0 saturated carbocycles. The van der Waals surface area contributed by atoms with Crippen LogP contribution in [0.5, 0.6) is 11.5 Å². The van der Waals surface area contributed by atoms with Crippen LogP contribution in [0.1, 0.15) is 19.7 Å². The van der Waals surface area contributed by atoms with E-state index in [0.29, 0.717) is 13.2 Å². The zero-order valence-electron chi connectivity index (χ0n) is 13.8. The Bertz CT molecular complexity index is 686. The Morgan fingerprint density at radius 3 is 2.52 bits per heavy atom. The third-order valence-electron chi connectivity index (χ3n) is 3.73. The Kier molecular flexibility index (Phi) is 4.50. The molecular weight excluding hydrogens is 292 g/mol. The molecule has 6 nitrogen and oxygen atoms in total. The van der Waals surface area contributed by atoms with Gasteiger partial charge in [0, 0.05) is 30.9 Å². The third kappa shape index (κ3) is 3.47. The predicted octanol–water partition coefficient (Wildman–Crippen LogP) is 3.15. The number of nitrogens with one attached hydrogen (secondary N) is 1. The van der Waals surface area contributed by atoms with Gasteiger partial charge in [0.2, 0.25) is 0 Å². The van der Waals surface area contributed by atoms with Crippen molar-refractivity contribution in [1.29, 1.82) is 0 Å². The van der Waals surface area contributed by atoms with Gasteiger partial charge in [0.1, 0.15) is 30.7 Å². The van der Waals surface area contributed by atoms with Gasteiger partial charge >= 0.3 is 0 Å². The normalized spacial score (nSPS) is 12.8. The number of anilines is 3. The summed E-state index contributed by atoms with van der Waals surface area (Å²) >= 11 is 0. The molecule has 0 atom stereocenters. The van der Waals surface area contributed by atoms with Gasteiger partial charge in [0.05, 0.1) is 0 Å². The molecule has 23 heavy (non-hydrogen) atoms. The van der Waals surface area contributed by atoms with Crippen molar-refractivity contribution in [1.82, 2.24) is 9.97 Å². The third-order valence-corrected chi connectivity index (χ3v) is 3.73. The van der Waals surface area contributed by atoms with E-state index in [-0.39, 0.29) is 0 Å². The molecule has 0 saturated heterocycles. The number of aryl methyl sites for hydroxylation is 1. The molecule has 122 valence electrons. The van der Waals surface area contributed by atoms with Crippen LogP contribution >= 0.6 is 0 Å². The van der Waals surface area contributed by atoms with Gasteiger partial charge in [-0.05, 0) is 32.9 Å². The molecule has 6 heteroatoms. The fourth-order valence-electron chi connectivity index (χ4n) is 2.59. The van der Waals surface area contributed by atoms with E-state index >= 15 is 0 Å². The van der Waals surface area contributed by atoms with Gasteiger partial charge in [-0.3, -0.25) is 0 Å². The van der Waals surface area contributed by atoms with Crippen molar-refractivity contribution >= 4 is 17.3 Å². The van der Waals surface area contributed by atoms with E-state index in [1.54, 1.807) is 0 Å². The standard InChI is InChI=1S/C17H22N4O2/c1-4-21(5-2)17-11-16(18-12(3)19-17)20-13-6-7-14-15(10-13)23-9-8-22-14/h6-7,10-11H,4-5,8-9H2,1-3H3,(H,18,19,20). The molecule has 2 aromatic rings. The van der Waals surface area contributed by atoms with Gasteiger partial charge in [0.25, 0.3) is 0 Å². The maximum atomic E-state index is 5.62. The number of aromatic nitrogens is 2. The van der Waals surface area contributed by atoms with E-state index in [1.165, 1.54) is 0 Å². The molecule has 1 aromatic heterocycles. The molecule has 1 aliphatic heterocycles. The number of hydrogen-bond acceptors (Lipinski definition) is 6. The van der Waals surface area contributed by atoms with Gasteiger partial charge in [-0.25, -0.2) is 9.97 Å². The van der Waals surface area contributed by atoms with E-state index in [4.69, 9.17) is 9.47 Å². The maximum absolute atomic E-state index is 5.62. The molecule has 0 spiro atoms. The van der Waals surface area contributed by atoms with Crippen LogP contribution < -0.4 is 19.7 Å². The molecule has 1 aromatic carbocycles. The fraction of sp³-hybridized carbons (Fsp3) is 0.412. The highest BCUT2D eigenvalue weighted by atomic mass is 16.6. The summed E-state index contributed by atoms with van der Waals surface area (Å²) in [5, 5.41) is 3.32. The first kappa shape index (κ1) is 15.4. The second-order valence-corrected chi connectivity index (χ2v) is 5.31. The topological polar surface area (TPSA) is 59.5 Å². The molecule has 0 amide bonds. The molecule has 0 fully saturated rings. The molecule has 0 unspecified atom stereocenters. The largest absolute Gasteiger partial charge is 0.486 e. The van der Waals surface area contributed by atoms with Crippen molar-refractivity contribution in [3.8, 4) is 11.5 Å². The monoisotopic (exact) mass is 314 g/mol. The van der Waals surface area contributed by atoms with Crippen molar-refractivity contribution in [3.63, 3.8) is 0 Å². The van der Waals surface area contributed by atoms with E-state index in [1.807, 2.05) is 31.2 Å². The number of rotatable bonds is 5. The molecule has 1 aliphatic rings. The lowest BCUT2D eigenvalue weighted by Crippen LogP contribution is -2.23. The second kappa shape index (κ2) is 6.73. The van der Waals surface area contributed by atoms with E-state index in [0.717, 1.165) is 47.7 Å². The van der Waals surface area contributed by atoms with Gasteiger partial charge < -0.3 is 19.7 Å². The highest BCUT2D eigenvalue weighted by Crippen LogP contribution is 2.33. The number of hydrogen-bond donors (Lipinski definition) is 1. The summed E-state index contributed by atoms with van der Waals surface area (Å²) in [6.45, 7) is 9.14. The Balaban J connectivity index is 1.85. The Morgan fingerprint density at radius 1 is 1.04 bits per heavy atom. The van der Waals surface area contributed by atoms with Crippen LogP contribution in [0.25, 0.3) is 0 Å². The second-order valence-electron chi connectivity index (χ2n) is 5.31. The Labute approximate surface area is 136 Å². The summed E-state index contributed by atoms with van der Waals surface area (Å²) in [5.41, 5.74) is 0.915. The van der Waals surface area contributed by atoms with Crippen LogP contribution in [0, 0.1) is 6.92 Å². The lowest BCUT2D eigenvalue weighted by Gasteiger charge is -2.21. The van der Waals surface area contributed by atoms with Crippen LogP contribution in [0.2, 0.25) is 0 Å². The Hall–Kier alpha value is -2.50. The first-order valence-corrected chi connectivity index (χ1v) is 7.97. The molecule has 3 rings (SSSR count). The van der Waals surface area contributed by atoms with Gasteiger partial charge in [-0.15, -0.1) is 0 Å². The lowest BCUT2D eigenvalue weighted by atomic mass is 10.2. The number of nitrogens with zero attached hydrogens (tertiary/aromatic N) is 3. The average molecular weight is 314 g/mol. The van der Waals surface area contributed by atoms with Gasteiger partial charge in [-0.1, -0.05) is 0 Å². The fourth-order valence-corrected chi connectivity index (χ4v) is 2.59. The highest BCUT2D eigenvalue weighted by Gasteiger charge is 2.13. The molecule has 1 N–H and O–H groups in total. The average Bonchev–Trinajstić information content (AvgIpc) is 2.55. The van der Waals surface area contributed by atoms with E-state index in [2.05, 4.69) is 34.0 Å². The predicted molar refractivity (Wildman–Crippen MR) is 91.0 cm³/mol. The Morgan fingerprint density at radius 2 is 1.78 bits per heavy atom. The first-order valence-electron chi connectivity index (χ1n) is 7.97. The van der Waals surface area contributed by atoms with E-state index in [9.17, 15) is 0 Å². The van der Waals surface area contributed by atoms with Crippen LogP contribution in [-0.2, 0) is 0 Å². The smallest absolute Gasteiger partial charge is 0.163 e. The molecular formula is C17H22N4O2. The van der Waals surface area contributed by atoms with Crippen molar-refractivity contribution in [2.75, 3.05) is 36.5 Å². The van der Waals surface area contributed by atoms with Gasteiger partial charge in [0.15, 0.2) is 11.5 Å². The van der Waals surface area contributed by atoms with Crippen LogP contribution in [0.4, 0.5) is 17.3 Å². The first-order chi connectivity index (χ1) is 11.2. The summed E-state index contributed by atoms with van der Waals surface area (Å²) in [6, 6.07) is 7.78. The SMILES string of the molecule is CCN(CC)c1cc(Nc2ccc3c(c2)OCCO3)nc(C)n1. The molecule has 2 heterocycles. The van der Waals surface area contributed by atoms with Crippen molar-refractivity contribution in [3.05, 3.63) is 30.1 Å². The molecule has 0 aliphatic carbocycles. The van der Waals surface area contributed by atoms with Crippen molar-refractivity contribution in [2.24, 2.45) is 0 Å². The summed E-state index contributed by atoms with van der Waals surface area (Å²) in [7, 11) is 0. The molecule has 0 bridgehead atoms. The van der Waals surface area contributed by atoms with Crippen LogP contribution in [-0.4, -0.2) is 36.3 Å².